The first-order valence-corrected chi connectivity index (χ1v) is 4.65. The molecule has 2 nitrogen and oxygen atoms in total. The van der Waals surface area contributed by atoms with Crippen LogP contribution in [0, 0.1) is 6.92 Å². The van der Waals surface area contributed by atoms with Crippen molar-refractivity contribution in [2.75, 3.05) is 4.90 Å². The molecule has 0 aliphatic heterocycles. The molecule has 0 radical (unpaired) electrons. The van der Waals surface area contributed by atoms with Gasteiger partial charge in [0.15, 0.2) is 0 Å². The van der Waals surface area contributed by atoms with Crippen LogP contribution in [0.1, 0.15) is 19.4 Å². The van der Waals surface area contributed by atoms with Crippen molar-refractivity contribution in [1.82, 2.24) is 0 Å². The van der Waals surface area contributed by atoms with Crippen LogP contribution in [0.4, 0.5) is 5.69 Å². The highest BCUT2D eigenvalue weighted by molar-refractivity contribution is 5.94. The van der Waals surface area contributed by atoms with Crippen LogP contribution in [0.3, 0.4) is 0 Å². The SMILES string of the molecule is C/C=C\N(C(C)=O)c1ccccc1C. The number of anilines is 1. The molecule has 2 heteroatoms. The summed E-state index contributed by atoms with van der Waals surface area (Å²) in [5.74, 6) is 0.0254. The molecule has 0 saturated heterocycles. The van der Waals surface area contributed by atoms with Crippen molar-refractivity contribution in [3.63, 3.8) is 0 Å². The zero-order valence-corrected chi connectivity index (χ0v) is 8.82. The zero-order chi connectivity index (χ0) is 10.6. The summed E-state index contributed by atoms with van der Waals surface area (Å²) < 4.78 is 0. The zero-order valence-electron chi connectivity index (χ0n) is 8.82. The Morgan fingerprint density at radius 1 is 1.36 bits per heavy atom. The molecule has 0 saturated carbocycles. The standard InChI is InChI=1S/C12H15NO/c1-4-9-13(11(3)14)12-8-6-5-7-10(12)2/h4-9H,1-3H3/b9-4-. The van der Waals surface area contributed by atoms with E-state index >= 15 is 0 Å². The van der Waals surface area contributed by atoms with Crippen LogP contribution in [0.2, 0.25) is 0 Å². The number of rotatable bonds is 2. The Labute approximate surface area is 84.9 Å². The van der Waals surface area contributed by atoms with E-state index < -0.39 is 0 Å². The van der Waals surface area contributed by atoms with Gasteiger partial charge in [0, 0.05) is 13.1 Å². The fourth-order valence-corrected chi connectivity index (χ4v) is 1.34. The molecule has 0 N–H and O–H groups in total. The third-order valence-electron chi connectivity index (χ3n) is 2.01. The molecule has 74 valence electrons. The third-order valence-corrected chi connectivity index (χ3v) is 2.01. The predicted octanol–water partition coefficient (Wildman–Crippen LogP) is 2.88. The van der Waals surface area contributed by atoms with Gasteiger partial charge < -0.3 is 0 Å². The number of hydrogen-bond donors (Lipinski definition) is 0. The van der Waals surface area contributed by atoms with Crippen molar-refractivity contribution in [3.8, 4) is 0 Å². The van der Waals surface area contributed by atoms with Gasteiger partial charge in [-0.3, -0.25) is 9.69 Å². The van der Waals surface area contributed by atoms with E-state index in [2.05, 4.69) is 0 Å². The van der Waals surface area contributed by atoms with E-state index in [1.165, 1.54) is 0 Å². The number of nitrogens with zero attached hydrogens (tertiary/aromatic N) is 1. The average Bonchev–Trinajstić information content (AvgIpc) is 2.15. The molecule has 0 spiro atoms. The highest BCUT2D eigenvalue weighted by Gasteiger charge is 2.08. The van der Waals surface area contributed by atoms with Crippen molar-refractivity contribution < 1.29 is 4.79 Å². The van der Waals surface area contributed by atoms with Crippen molar-refractivity contribution >= 4 is 11.6 Å². The van der Waals surface area contributed by atoms with Gasteiger partial charge in [-0.25, -0.2) is 0 Å². The van der Waals surface area contributed by atoms with E-state index in [9.17, 15) is 4.79 Å². The molecular formula is C12H15NO. The maximum atomic E-state index is 11.4. The monoisotopic (exact) mass is 189 g/mol. The second-order valence-electron chi connectivity index (χ2n) is 3.16. The van der Waals surface area contributed by atoms with Gasteiger partial charge in [-0.15, -0.1) is 0 Å². The van der Waals surface area contributed by atoms with Crippen molar-refractivity contribution in [2.24, 2.45) is 0 Å². The molecule has 0 atom stereocenters. The van der Waals surface area contributed by atoms with Crippen molar-refractivity contribution in [2.45, 2.75) is 20.8 Å². The summed E-state index contributed by atoms with van der Waals surface area (Å²) in [6, 6.07) is 7.83. The fraction of sp³-hybridized carbons (Fsp3) is 0.250. The van der Waals surface area contributed by atoms with E-state index in [4.69, 9.17) is 0 Å². The van der Waals surface area contributed by atoms with E-state index in [0.29, 0.717) is 0 Å². The molecule has 0 aliphatic rings. The Morgan fingerprint density at radius 2 is 2.00 bits per heavy atom. The van der Waals surface area contributed by atoms with Gasteiger partial charge in [-0.1, -0.05) is 24.3 Å². The van der Waals surface area contributed by atoms with Gasteiger partial charge in [0.05, 0.1) is 5.69 Å². The molecule has 1 amide bonds. The fourth-order valence-electron chi connectivity index (χ4n) is 1.34. The van der Waals surface area contributed by atoms with Gasteiger partial charge in [-0.2, -0.15) is 0 Å². The van der Waals surface area contributed by atoms with Crippen LogP contribution in [-0.4, -0.2) is 5.91 Å². The summed E-state index contributed by atoms with van der Waals surface area (Å²) >= 11 is 0. The summed E-state index contributed by atoms with van der Waals surface area (Å²) in [6.07, 6.45) is 3.64. The van der Waals surface area contributed by atoms with Crippen LogP contribution in [0.5, 0.6) is 0 Å². The molecule has 0 heterocycles. The minimum atomic E-state index is 0.0254. The number of benzene rings is 1. The molecule has 0 unspecified atom stereocenters. The van der Waals surface area contributed by atoms with Crippen molar-refractivity contribution in [1.29, 1.82) is 0 Å². The minimum absolute atomic E-state index is 0.0254. The largest absolute Gasteiger partial charge is 0.288 e. The van der Waals surface area contributed by atoms with Crippen LogP contribution in [0.15, 0.2) is 36.5 Å². The Bertz CT molecular complexity index is 355. The lowest BCUT2D eigenvalue weighted by molar-refractivity contribution is -0.116. The molecule has 1 rings (SSSR count). The number of aryl methyl sites for hydroxylation is 1. The van der Waals surface area contributed by atoms with E-state index in [1.807, 2.05) is 44.2 Å². The summed E-state index contributed by atoms with van der Waals surface area (Å²) in [5, 5.41) is 0. The summed E-state index contributed by atoms with van der Waals surface area (Å²) in [6.45, 7) is 5.45. The Kier molecular flexibility index (Phi) is 3.46. The van der Waals surface area contributed by atoms with Crippen molar-refractivity contribution in [3.05, 3.63) is 42.1 Å². The number of hydrogen-bond acceptors (Lipinski definition) is 1. The lowest BCUT2D eigenvalue weighted by Crippen LogP contribution is -2.22. The van der Waals surface area contributed by atoms with Gasteiger partial charge in [-0.05, 0) is 25.5 Å². The second kappa shape index (κ2) is 4.61. The molecule has 0 aliphatic carbocycles. The first kappa shape index (κ1) is 10.5. The molecule has 14 heavy (non-hydrogen) atoms. The number of amides is 1. The number of allylic oxidation sites excluding steroid dienone is 1. The quantitative estimate of drug-likeness (QED) is 0.700. The highest BCUT2D eigenvalue weighted by atomic mass is 16.2. The summed E-state index contributed by atoms with van der Waals surface area (Å²) in [7, 11) is 0. The number of carbonyl (C=O) groups is 1. The number of para-hydroxylation sites is 1. The summed E-state index contributed by atoms with van der Waals surface area (Å²) in [4.78, 5) is 13.0. The molecule has 1 aromatic rings. The van der Waals surface area contributed by atoms with E-state index in [1.54, 1.807) is 18.0 Å². The number of carbonyl (C=O) groups excluding carboxylic acids is 1. The maximum Gasteiger partial charge on any atom is 0.227 e. The Balaban J connectivity index is 3.11. The van der Waals surface area contributed by atoms with Gasteiger partial charge >= 0.3 is 0 Å². The normalized spacial score (nSPS) is 10.5. The lowest BCUT2D eigenvalue weighted by Gasteiger charge is -2.18. The third kappa shape index (κ3) is 2.22. The highest BCUT2D eigenvalue weighted by Crippen LogP contribution is 2.19. The van der Waals surface area contributed by atoms with Gasteiger partial charge in [0.25, 0.3) is 0 Å². The predicted molar refractivity (Wildman–Crippen MR) is 59.2 cm³/mol. The topological polar surface area (TPSA) is 20.3 Å². The van der Waals surface area contributed by atoms with Gasteiger partial charge in [0.1, 0.15) is 0 Å². The van der Waals surface area contributed by atoms with E-state index in [0.717, 1.165) is 11.3 Å². The first-order valence-electron chi connectivity index (χ1n) is 4.65. The Hall–Kier alpha value is -1.57. The second-order valence-corrected chi connectivity index (χ2v) is 3.16. The summed E-state index contributed by atoms with van der Waals surface area (Å²) in [5.41, 5.74) is 2.04. The molecule has 1 aromatic carbocycles. The Morgan fingerprint density at radius 3 is 2.50 bits per heavy atom. The average molecular weight is 189 g/mol. The first-order chi connectivity index (χ1) is 6.66. The molecule has 0 fully saturated rings. The van der Waals surface area contributed by atoms with Gasteiger partial charge in [0.2, 0.25) is 5.91 Å². The smallest absolute Gasteiger partial charge is 0.227 e. The maximum absolute atomic E-state index is 11.4. The molecule has 0 bridgehead atoms. The lowest BCUT2D eigenvalue weighted by atomic mass is 10.2. The van der Waals surface area contributed by atoms with E-state index in [-0.39, 0.29) is 5.91 Å². The van der Waals surface area contributed by atoms with Crippen LogP contribution in [0.25, 0.3) is 0 Å². The van der Waals surface area contributed by atoms with Crippen LogP contribution in [-0.2, 0) is 4.79 Å². The van der Waals surface area contributed by atoms with Crippen LogP contribution >= 0.6 is 0 Å². The molecular weight excluding hydrogens is 174 g/mol. The molecule has 0 aromatic heterocycles. The van der Waals surface area contributed by atoms with Crippen LogP contribution < -0.4 is 4.90 Å². The minimum Gasteiger partial charge on any atom is -0.288 e.